The Hall–Kier alpha value is -2.61. The highest BCUT2D eigenvalue weighted by Gasteiger charge is 2.12. The first-order valence-electron chi connectivity index (χ1n) is 5.86. The summed E-state index contributed by atoms with van der Waals surface area (Å²) in [5, 5.41) is 11.3. The van der Waals surface area contributed by atoms with Crippen LogP contribution in [0.25, 0.3) is 0 Å². The van der Waals surface area contributed by atoms with Gasteiger partial charge in [-0.05, 0) is 42.8 Å². The Morgan fingerprint density at radius 3 is 2.30 bits per heavy atom. The molecule has 2 rings (SSSR count). The van der Waals surface area contributed by atoms with E-state index < -0.39 is 11.6 Å². The summed E-state index contributed by atoms with van der Waals surface area (Å²) in [7, 11) is 1.55. The number of aryl methyl sites for hydroxylation is 1. The van der Waals surface area contributed by atoms with Crippen LogP contribution in [0.2, 0.25) is 0 Å². The van der Waals surface area contributed by atoms with Crippen LogP contribution >= 0.6 is 0 Å². The van der Waals surface area contributed by atoms with Gasteiger partial charge in [0, 0.05) is 5.69 Å². The number of benzene rings is 2. The minimum atomic E-state index is -0.810. The number of hydrogen-bond donors (Lipinski definition) is 1. The van der Waals surface area contributed by atoms with Crippen molar-refractivity contribution >= 4 is 11.4 Å². The molecule has 0 aliphatic heterocycles. The maximum Gasteiger partial charge on any atom is 0.150 e. The molecule has 0 unspecified atom stereocenters. The summed E-state index contributed by atoms with van der Waals surface area (Å²) in [6.45, 7) is 1.83. The second-order valence-electron chi connectivity index (χ2n) is 4.24. The molecule has 0 spiro atoms. The fourth-order valence-electron chi connectivity index (χ4n) is 1.86. The third-order valence-electron chi connectivity index (χ3n) is 2.84. The molecule has 0 atom stereocenters. The highest BCUT2D eigenvalue weighted by molar-refractivity contribution is 5.63. The topological polar surface area (TPSA) is 45.0 Å². The molecule has 2 aromatic rings. The molecule has 3 nitrogen and oxygen atoms in total. The number of hydrogen-bond acceptors (Lipinski definition) is 3. The van der Waals surface area contributed by atoms with E-state index in [9.17, 15) is 8.78 Å². The van der Waals surface area contributed by atoms with Crippen molar-refractivity contribution in [3.05, 3.63) is 53.1 Å². The zero-order chi connectivity index (χ0) is 14.7. The van der Waals surface area contributed by atoms with E-state index in [1.807, 2.05) is 6.92 Å². The lowest BCUT2D eigenvalue weighted by Crippen LogP contribution is -1.99. The predicted molar refractivity (Wildman–Crippen MR) is 72.1 cm³/mol. The van der Waals surface area contributed by atoms with E-state index in [4.69, 9.17) is 10.00 Å². The number of nitrogens with one attached hydrogen (secondary N) is 1. The fourth-order valence-corrected chi connectivity index (χ4v) is 1.86. The molecule has 20 heavy (non-hydrogen) atoms. The molecule has 0 aromatic heterocycles. The van der Waals surface area contributed by atoms with Crippen molar-refractivity contribution < 1.29 is 13.5 Å². The molecule has 0 amide bonds. The summed E-state index contributed by atoms with van der Waals surface area (Å²) in [4.78, 5) is 0. The van der Waals surface area contributed by atoms with E-state index in [1.54, 1.807) is 31.4 Å². The summed E-state index contributed by atoms with van der Waals surface area (Å²) in [5.41, 5.74) is 1.03. The molecule has 5 heteroatoms. The van der Waals surface area contributed by atoms with Crippen LogP contribution in [-0.4, -0.2) is 7.11 Å². The minimum absolute atomic E-state index is 0.0588. The van der Waals surface area contributed by atoms with Crippen molar-refractivity contribution in [2.75, 3.05) is 12.4 Å². The van der Waals surface area contributed by atoms with Crippen molar-refractivity contribution in [1.29, 1.82) is 5.26 Å². The summed E-state index contributed by atoms with van der Waals surface area (Å²) in [6.07, 6.45) is 0. The Labute approximate surface area is 115 Å². The average molecular weight is 274 g/mol. The van der Waals surface area contributed by atoms with Gasteiger partial charge in [0.1, 0.15) is 11.4 Å². The second-order valence-corrected chi connectivity index (χ2v) is 4.24. The Bertz CT molecular complexity index is 670. The van der Waals surface area contributed by atoms with E-state index in [1.165, 1.54) is 0 Å². The van der Waals surface area contributed by atoms with Crippen molar-refractivity contribution in [1.82, 2.24) is 0 Å². The number of anilines is 2. The first-order chi connectivity index (χ1) is 9.55. The number of nitriles is 1. The molecular formula is C15H12F2N2O. The van der Waals surface area contributed by atoms with E-state index in [0.717, 1.165) is 17.7 Å². The van der Waals surface area contributed by atoms with Crippen molar-refractivity contribution in [3.63, 3.8) is 0 Å². The van der Waals surface area contributed by atoms with Gasteiger partial charge in [-0.15, -0.1) is 0 Å². The van der Waals surface area contributed by atoms with Crippen LogP contribution in [0.1, 0.15) is 11.1 Å². The molecule has 102 valence electrons. The number of halogens is 2. The number of ether oxygens (including phenoxy) is 1. The Kier molecular flexibility index (Phi) is 3.85. The molecule has 0 saturated carbocycles. The second kappa shape index (κ2) is 5.57. The lowest BCUT2D eigenvalue weighted by atomic mass is 10.1. The van der Waals surface area contributed by atoms with Crippen molar-refractivity contribution in [2.24, 2.45) is 0 Å². The molecule has 0 radical (unpaired) electrons. The highest BCUT2D eigenvalue weighted by atomic mass is 19.1. The van der Waals surface area contributed by atoms with Gasteiger partial charge in [0.25, 0.3) is 0 Å². The standard InChI is InChI=1S/C15H12F2N2O/c1-9-5-11(3-4-14(9)20-2)19-15-12(16)6-10(8-18)7-13(15)17/h3-7,19H,1-2H3. The van der Waals surface area contributed by atoms with Gasteiger partial charge in [-0.2, -0.15) is 5.26 Å². The maximum absolute atomic E-state index is 13.8. The first kappa shape index (κ1) is 13.8. The van der Waals surface area contributed by atoms with Gasteiger partial charge in [0.2, 0.25) is 0 Å². The average Bonchev–Trinajstić information content (AvgIpc) is 2.42. The molecule has 2 aromatic carbocycles. The largest absolute Gasteiger partial charge is 0.496 e. The summed E-state index contributed by atoms with van der Waals surface area (Å²) in [6, 6.07) is 8.75. The number of rotatable bonds is 3. The van der Waals surface area contributed by atoms with Gasteiger partial charge in [0.15, 0.2) is 11.6 Å². The van der Waals surface area contributed by atoms with Gasteiger partial charge in [-0.3, -0.25) is 0 Å². The summed E-state index contributed by atoms with van der Waals surface area (Å²) >= 11 is 0. The number of methoxy groups -OCH3 is 1. The van der Waals surface area contributed by atoms with Crippen LogP contribution in [0.3, 0.4) is 0 Å². The maximum atomic E-state index is 13.8. The molecule has 0 fully saturated rings. The first-order valence-corrected chi connectivity index (χ1v) is 5.86. The summed E-state index contributed by atoms with van der Waals surface area (Å²) < 4.78 is 32.6. The van der Waals surface area contributed by atoms with Gasteiger partial charge in [-0.25, -0.2) is 8.78 Å². The molecule has 0 bridgehead atoms. The third kappa shape index (κ3) is 2.69. The quantitative estimate of drug-likeness (QED) is 0.923. The van der Waals surface area contributed by atoms with Crippen LogP contribution in [0.5, 0.6) is 5.75 Å². The minimum Gasteiger partial charge on any atom is -0.496 e. The Morgan fingerprint density at radius 1 is 1.15 bits per heavy atom. The zero-order valence-corrected chi connectivity index (χ0v) is 11.0. The normalized spacial score (nSPS) is 9.95. The number of nitrogens with zero attached hydrogens (tertiary/aromatic N) is 1. The smallest absolute Gasteiger partial charge is 0.150 e. The van der Waals surface area contributed by atoms with E-state index in [0.29, 0.717) is 11.4 Å². The lowest BCUT2D eigenvalue weighted by molar-refractivity contribution is 0.412. The van der Waals surface area contributed by atoms with Crippen LogP contribution in [0.15, 0.2) is 30.3 Å². The Balaban J connectivity index is 2.35. The van der Waals surface area contributed by atoms with E-state index in [2.05, 4.69) is 5.32 Å². The molecular weight excluding hydrogens is 262 g/mol. The van der Waals surface area contributed by atoms with E-state index in [-0.39, 0.29) is 11.3 Å². The fraction of sp³-hybridized carbons (Fsp3) is 0.133. The van der Waals surface area contributed by atoms with Crippen LogP contribution in [0.4, 0.5) is 20.2 Å². The van der Waals surface area contributed by atoms with Crippen molar-refractivity contribution in [2.45, 2.75) is 6.92 Å². The molecule has 0 aliphatic carbocycles. The van der Waals surface area contributed by atoms with Gasteiger partial charge in [-0.1, -0.05) is 0 Å². The van der Waals surface area contributed by atoms with E-state index >= 15 is 0 Å². The summed E-state index contributed by atoms with van der Waals surface area (Å²) in [5.74, 6) is -0.929. The Morgan fingerprint density at radius 2 is 1.80 bits per heavy atom. The van der Waals surface area contributed by atoms with Crippen molar-refractivity contribution in [3.8, 4) is 11.8 Å². The van der Waals surface area contributed by atoms with Crippen LogP contribution in [-0.2, 0) is 0 Å². The van der Waals surface area contributed by atoms with Gasteiger partial charge < -0.3 is 10.1 Å². The molecule has 0 saturated heterocycles. The highest BCUT2D eigenvalue weighted by Crippen LogP contribution is 2.27. The molecule has 1 N–H and O–H groups in total. The van der Waals surface area contributed by atoms with Gasteiger partial charge in [0.05, 0.1) is 18.7 Å². The van der Waals surface area contributed by atoms with Gasteiger partial charge >= 0.3 is 0 Å². The van der Waals surface area contributed by atoms with Crippen LogP contribution < -0.4 is 10.1 Å². The molecule has 0 heterocycles. The SMILES string of the molecule is COc1ccc(Nc2c(F)cc(C#N)cc2F)cc1C. The zero-order valence-electron chi connectivity index (χ0n) is 11.0. The molecule has 0 aliphatic rings. The monoisotopic (exact) mass is 274 g/mol. The lowest BCUT2D eigenvalue weighted by Gasteiger charge is -2.11. The third-order valence-corrected chi connectivity index (χ3v) is 2.84. The predicted octanol–water partition coefficient (Wildman–Crippen LogP) is 3.90. The van der Waals surface area contributed by atoms with Crippen LogP contribution in [0, 0.1) is 29.9 Å².